The summed E-state index contributed by atoms with van der Waals surface area (Å²) in [5, 5.41) is 5.62. The van der Waals surface area contributed by atoms with Gasteiger partial charge in [-0.05, 0) is 78.5 Å². The Hall–Kier alpha value is -2.57. The number of aryl methyl sites for hydroxylation is 2. The van der Waals surface area contributed by atoms with Crippen molar-refractivity contribution < 1.29 is 19.1 Å². The third kappa shape index (κ3) is 11.9. The molecule has 0 fully saturated rings. The molecule has 7 heteroatoms. The number of carbonyl (C=O) groups excluding carboxylic acids is 3. The molecule has 2 N–H and O–H groups in total. The highest BCUT2D eigenvalue weighted by Crippen LogP contribution is 2.26. The van der Waals surface area contributed by atoms with Crippen LogP contribution >= 0.6 is 0 Å². The van der Waals surface area contributed by atoms with Crippen LogP contribution in [0, 0.1) is 13.8 Å². The predicted molar refractivity (Wildman–Crippen MR) is 146 cm³/mol. The Morgan fingerprint density at radius 3 is 2.08 bits per heavy atom. The first-order valence-electron chi connectivity index (χ1n) is 13.3. The molecule has 1 aromatic rings. The molecule has 0 bridgehead atoms. The van der Waals surface area contributed by atoms with Crippen molar-refractivity contribution in [3.63, 3.8) is 0 Å². The number of alkyl carbamates (subject to hydrolysis) is 1. The smallest absolute Gasteiger partial charge is 0.408 e. The first-order valence-corrected chi connectivity index (χ1v) is 13.3. The van der Waals surface area contributed by atoms with Crippen molar-refractivity contribution in [2.75, 3.05) is 13.1 Å². The van der Waals surface area contributed by atoms with Crippen LogP contribution in [-0.4, -0.2) is 47.0 Å². The SMILES string of the molecule is CCCCCCCCN(C(=O)CNC(=O)OC(C)(C)C)C(C(=O)NC(C)(C)C)c1ccc(C)c(C)c1. The number of carbonyl (C=O) groups is 3. The van der Waals surface area contributed by atoms with Gasteiger partial charge < -0.3 is 20.3 Å². The number of unbranched alkanes of at least 4 members (excludes halogenated alkanes) is 5. The standard InChI is InChI=1S/C29H49N3O4/c1-10-11-12-13-14-15-18-32(24(33)20-30-27(35)36-29(7,8)9)25(26(34)31-28(4,5)6)23-17-16-21(2)22(3)19-23/h16-17,19,25H,10-15,18,20H2,1-9H3,(H,30,35)(H,31,34). The van der Waals surface area contributed by atoms with Gasteiger partial charge in [0.05, 0.1) is 0 Å². The molecule has 3 amide bonds. The average molecular weight is 504 g/mol. The second-order valence-corrected chi connectivity index (χ2v) is 11.7. The highest BCUT2D eigenvalue weighted by Gasteiger charge is 2.33. The fraction of sp³-hybridized carbons (Fsp3) is 0.690. The molecular formula is C29H49N3O4. The van der Waals surface area contributed by atoms with Crippen molar-refractivity contribution >= 4 is 17.9 Å². The fourth-order valence-electron chi connectivity index (χ4n) is 3.87. The molecule has 1 rings (SSSR count). The van der Waals surface area contributed by atoms with Crippen LogP contribution in [-0.2, 0) is 14.3 Å². The second-order valence-electron chi connectivity index (χ2n) is 11.7. The zero-order chi connectivity index (χ0) is 27.5. The molecule has 0 aliphatic heterocycles. The van der Waals surface area contributed by atoms with E-state index < -0.39 is 23.3 Å². The monoisotopic (exact) mass is 503 g/mol. The first-order chi connectivity index (χ1) is 16.6. The number of hydrogen-bond donors (Lipinski definition) is 2. The van der Waals surface area contributed by atoms with E-state index in [1.807, 2.05) is 52.8 Å². The Morgan fingerprint density at radius 1 is 0.917 bits per heavy atom. The number of rotatable bonds is 12. The summed E-state index contributed by atoms with van der Waals surface area (Å²) in [4.78, 5) is 40.9. The Labute approximate surface area is 218 Å². The quantitative estimate of drug-likeness (QED) is 0.344. The van der Waals surface area contributed by atoms with Gasteiger partial charge in [-0.3, -0.25) is 9.59 Å². The van der Waals surface area contributed by atoms with Crippen molar-refractivity contribution in [2.45, 2.75) is 118 Å². The molecule has 0 heterocycles. The van der Waals surface area contributed by atoms with Crippen LogP contribution in [0.3, 0.4) is 0 Å². The van der Waals surface area contributed by atoms with Gasteiger partial charge in [0.1, 0.15) is 18.2 Å². The maximum Gasteiger partial charge on any atom is 0.408 e. The van der Waals surface area contributed by atoms with Gasteiger partial charge in [0.15, 0.2) is 0 Å². The summed E-state index contributed by atoms with van der Waals surface area (Å²) in [6, 6.07) is 5.07. The lowest BCUT2D eigenvalue weighted by molar-refractivity contribution is -0.141. The maximum absolute atomic E-state index is 13.6. The Kier molecular flexibility index (Phi) is 12.4. The van der Waals surface area contributed by atoms with E-state index in [2.05, 4.69) is 17.6 Å². The number of ether oxygens (including phenoxy) is 1. The third-order valence-corrected chi connectivity index (χ3v) is 5.76. The van der Waals surface area contributed by atoms with Crippen LogP contribution in [0.4, 0.5) is 4.79 Å². The summed E-state index contributed by atoms with van der Waals surface area (Å²) in [5.74, 6) is -0.552. The topological polar surface area (TPSA) is 87.7 Å². The maximum atomic E-state index is 13.6. The van der Waals surface area contributed by atoms with Gasteiger partial charge >= 0.3 is 6.09 Å². The van der Waals surface area contributed by atoms with Crippen molar-refractivity contribution in [1.29, 1.82) is 0 Å². The minimum absolute atomic E-state index is 0.234. The molecule has 36 heavy (non-hydrogen) atoms. The summed E-state index contributed by atoms with van der Waals surface area (Å²) in [6.45, 7) is 17.5. The van der Waals surface area contributed by atoms with Crippen LogP contribution in [0.5, 0.6) is 0 Å². The number of hydrogen-bond acceptors (Lipinski definition) is 4. The van der Waals surface area contributed by atoms with Crippen LogP contribution in [0.1, 0.15) is 110 Å². The molecule has 0 saturated heterocycles. The van der Waals surface area contributed by atoms with Gasteiger partial charge in [-0.15, -0.1) is 0 Å². The van der Waals surface area contributed by atoms with E-state index in [1.165, 1.54) is 12.8 Å². The van der Waals surface area contributed by atoms with Gasteiger partial charge in [-0.1, -0.05) is 57.2 Å². The van der Waals surface area contributed by atoms with Gasteiger partial charge in [0.2, 0.25) is 11.8 Å². The molecule has 0 saturated carbocycles. The van der Waals surface area contributed by atoms with Crippen LogP contribution in [0.25, 0.3) is 0 Å². The lowest BCUT2D eigenvalue weighted by Gasteiger charge is -2.34. The minimum Gasteiger partial charge on any atom is -0.444 e. The predicted octanol–water partition coefficient (Wildman–Crippen LogP) is 5.97. The zero-order valence-electron chi connectivity index (χ0n) is 24.0. The Balaban J connectivity index is 3.24. The number of benzene rings is 1. The number of nitrogens with zero attached hydrogens (tertiary/aromatic N) is 1. The van der Waals surface area contributed by atoms with Crippen molar-refractivity contribution in [2.24, 2.45) is 0 Å². The molecule has 0 spiro atoms. The molecule has 0 aliphatic carbocycles. The van der Waals surface area contributed by atoms with E-state index in [-0.39, 0.29) is 18.4 Å². The molecule has 1 unspecified atom stereocenters. The van der Waals surface area contributed by atoms with Gasteiger partial charge in [-0.2, -0.15) is 0 Å². The van der Waals surface area contributed by atoms with Crippen LogP contribution in [0.15, 0.2) is 18.2 Å². The summed E-state index contributed by atoms with van der Waals surface area (Å²) in [5.41, 5.74) is 1.81. The molecule has 0 radical (unpaired) electrons. The summed E-state index contributed by atoms with van der Waals surface area (Å²) in [7, 11) is 0. The van der Waals surface area contributed by atoms with Crippen molar-refractivity contribution in [3.05, 3.63) is 34.9 Å². The van der Waals surface area contributed by atoms with E-state index in [1.54, 1.807) is 25.7 Å². The van der Waals surface area contributed by atoms with E-state index >= 15 is 0 Å². The molecule has 204 valence electrons. The summed E-state index contributed by atoms with van der Waals surface area (Å²) >= 11 is 0. The molecule has 7 nitrogen and oxygen atoms in total. The molecule has 0 aromatic heterocycles. The summed E-state index contributed by atoms with van der Waals surface area (Å²) < 4.78 is 5.29. The second kappa shape index (κ2) is 14.2. The van der Waals surface area contributed by atoms with E-state index in [4.69, 9.17) is 4.74 Å². The molecule has 0 aliphatic rings. The largest absolute Gasteiger partial charge is 0.444 e. The van der Waals surface area contributed by atoms with Gasteiger partial charge in [0.25, 0.3) is 0 Å². The summed E-state index contributed by atoms with van der Waals surface area (Å²) in [6.07, 6.45) is 5.72. The van der Waals surface area contributed by atoms with E-state index in [9.17, 15) is 14.4 Å². The molecule has 1 aromatic carbocycles. The van der Waals surface area contributed by atoms with E-state index in [0.717, 1.165) is 42.4 Å². The highest BCUT2D eigenvalue weighted by atomic mass is 16.6. The van der Waals surface area contributed by atoms with E-state index in [0.29, 0.717) is 6.54 Å². The highest BCUT2D eigenvalue weighted by molar-refractivity contribution is 5.90. The first kappa shape index (κ1) is 31.5. The van der Waals surface area contributed by atoms with Crippen LogP contribution in [0.2, 0.25) is 0 Å². The lowest BCUT2D eigenvalue weighted by atomic mass is 9.97. The zero-order valence-corrected chi connectivity index (χ0v) is 24.0. The normalized spacial score (nSPS) is 12.6. The van der Waals surface area contributed by atoms with Crippen LogP contribution < -0.4 is 10.6 Å². The Bertz CT molecular complexity index is 868. The fourth-order valence-corrected chi connectivity index (χ4v) is 3.87. The lowest BCUT2D eigenvalue weighted by Crippen LogP contribution is -2.51. The molecular weight excluding hydrogens is 454 g/mol. The van der Waals surface area contributed by atoms with Gasteiger partial charge in [0, 0.05) is 12.1 Å². The Morgan fingerprint density at radius 2 is 1.53 bits per heavy atom. The van der Waals surface area contributed by atoms with Crippen molar-refractivity contribution in [3.8, 4) is 0 Å². The third-order valence-electron chi connectivity index (χ3n) is 5.76. The average Bonchev–Trinajstić information content (AvgIpc) is 2.73. The van der Waals surface area contributed by atoms with Crippen molar-refractivity contribution in [1.82, 2.24) is 15.5 Å². The number of nitrogens with one attached hydrogen (secondary N) is 2. The van der Waals surface area contributed by atoms with Gasteiger partial charge in [-0.25, -0.2) is 4.79 Å². The molecule has 1 atom stereocenters. The minimum atomic E-state index is -0.799. The number of amides is 3.